The van der Waals surface area contributed by atoms with E-state index in [4.69, 9.17) is 34.4 Å². The van der Waals surface area contributed by atoms with E-state index in [1.165, 1.54) is 13.8 Å². The molecule has 0 bridgehead atoms. The van der Waals surface area contributed by atoms with Crippen LogP contribution >= 0.6 is 20.5 Å². The van der Waals surface area contributed by atoms with Crippen molar-refractivity contribution >= 4 is 74.1 Å². The molecular formula is C30H59N14O11PS. The minimum Gasteiger partial charge on any atom is -0.370 e. The number of rotatable bonds is 29. The van der Waals surface area contributed by atoms with Crippen molar-refractivity contribution < 1.29 is 52.4 Å². The Hall–Kier alpha value is -4.59. The predicted octanol–water partition coefficient (Wildman–Crippen LogP) is -6.26. The molecule has 0 aliphatic rings. The van der Waals surface area contributed by atoms with Crippen LogP contribution in [0.25, 0.3) is 0 Å². The van der Waals surface area contributed by atoms with Gasteiger partial charge in [0.15, 0.2) is 11.9 Å². The molecule has 0 saturated heterocycles. The fourth-order valence-electron chi connectivity index (χ4n) is 4.61. The number of nitrogens with one attached hydrogen (secondary N) is 6. The summed E-state index contributed by atoms with van der Waals surface area (Å²) in [5.41, 5.74) is 32.9. The number of unbranched alkanes of at least 4 members (excludes halogenated alkanes) is 1. The van der Waals surface area contributed by atoms with Gasteiger partial charge >= 0.3 is 7.82 Å². The number of thiol groups is 1. The standard InChI is InChI=1S/C30H59N14O11PS/c1-16(13-45)39-28(51)22(15-57)44-27(50)21(14-55-56(52,53)54)43-26(49)18(7-3-4-10-31)41-25(48)20(9-6-12-38-30(35)36)42-24(47)19(40-23(46)17(2)32)8-5-11-37-29(33)34/h13,16-22,57H,3-12,14-15,31-32H2,1-2H3,(H,39,51)(H,40,46)(H,41,48)(H,42,47)(H,43,49)(H,44,50)(H4,33,34,37)(H4,35,36,38)(H2,52,53,54)/t16-,17-,18-,19-,20-,21-,22-/m0/s1. The summed E-state index contributed by atoms with van der Waals surface area (Å²) in [6.45, 7) is 2.05. The molecule has 0 radical (unpaired) electrons. The highest BCUT2D eigenvalue weighted by atomic mass is 32.1. The lowest BCUT2D eigenvalue weighted by molar-refractivity contribution is -0.135. The Labute approximate surface area is 335 Å². The zero-order valence-electron chi connectivity index (χ0n) is 31.9. The number of nitrogens with zero attached hydrogens (tertiary/aromatic N) is 2. The summed E-state index contributed by atoms with van der Waals surface area (Å²) in [7, 11) is -5.20. The molecule has 27 heteroatoms. The monoisotopic (exact) mass is 854 g/mol. The molecule has 6 amide bonds. The van der Waals surface area contributed by atoms with Crippen molar-refractivity contribution in [3.8, 4) is 0 Å². The van der Waals surface area contributed by atoms with Crippen molar-refractivity contribution in [2.24, 2.45) is 44.4 Å². The zero-order valence-corrected chi connectivity index (χ0v) is 33.7. The minimum absolute atomic E-state index is 0.0273. The molecule has 0 heterocycles. The first-order chi connectivity index (χ1) is 26.6. The van der Waals surface area contributed by atoms with Crippen molar-refractivity contribution in [1.82, 2.24) is 31.9 Å². The van der Waals surface area contributed by atoms with Gasteiger partial charge in [-0.2, -0.15) is 12.6 Å². The van der Waals surface area contributed by atoms with Crippen LogP contribution in [0, 0.1) is 0 Å². The van der Waals surface area contributed by atoms with Crippen molar-refractivity contribution in [2.45, 2.75) is 101 Å². The van der Waals surface area contributed by atoms with Gasteiger partial charge in [-0.25, -0.2) is 4.57 Å². The summed E-state index contributed by atoms with van der Waals surface area (Å²) in [6, 6.07) is -9.13. The van der Waals surface area contributed by atoms with Gasteiger partial charge in [-0.3, -0.25) is 43.3 Å². The summed E-state index contributed by atoms with van der Waals surface area (Å²) in [5, 5.41) is 14.5. The van der Waals surface area contributed by atoms with Gasteiger partial charge in [0.25, 0.3) is 0 Å². The Morgan fingerprint density at radius 3 is 1.44 bits per heavy atom. The van der Waals surface area contributed by atoms with Crippen LogP contribution in [0.3, 0.4) is 0 Å². The molecule has 0 aliphatic heterocycles. The molecule has 20 N–H and O–H groups in total. The predicted molar refractivity (Wildman–Crippen MR) is 212 cm³/mol. The quantitative estimate of drug-likeness (QED) is 0.00831. The number of phosphoric ester groups is 1. The van der Waals surface area contributed by atoms with Gasteiger partial charge in [-0.15, -0.1) is 0 Å². The molecule has 0 saturated carbocycles. The van der Waals surface area contributed by atoms with E-state index in [1.54, 1.807) is 0 Å². The van der Waals surface area contributed by atoms with E-state index in [0.29, 0.717) is 12.7 Å². The molecular weight excluding hydrogens is 795 g/mol. The fourth-order valence-corrected chi connectivity index (χ4v) is 5.21. The maximum atomic E-state index is 13.8. The Bertz CT molecular complexity index is 1440. The van der Waals surface area contributed by atoms with E-state index >= 15 is 0 Å². The van der Waals surface area contributed by atoms with Crippen LogP contribution in [-0.4, -0.2) is 138 Å². The van der Waals surface area contributed by atoms with Crippen LogP contribution in [0.5, 0.6) is 0 Å². The molecule has 326 valence electrons. The van der Waals surface area contributed by atoms with Crippen molar-refractivity contribution in [3.63, 3.8) is 0 Å². The largest absolute Gasteiger partial charge is 0.469 e. The smallest absolute Gasteiger partial charge is 0.370 e. The second kappa shape index (κ2) is 27.9. The Morgan fingerprint density at radius 2 is 1.05 bits per heavy atom. The van der Waals surface area contributed by atoms with Crippen molar-refractivity contribution in [3.05, 3.63) is 0 Å². The number of aldehydes is 1. The number of phosphoric acid groups is 1. The molecule has 7 atom stereocenters. The molecule has 0 aliphatic carbocycles. The van der Waals surface area contributed by atoms with Gasteiger partial charge in [0, 0.05) is 18.8 Å². The molecule has 0 unspecified atom stereocenters. The van der Waals surface area contributed by atoms with Gasteiger partial charge in [-0.05, 0) is 65.3 Å². The summed E-state index contributed by atoms with van der Waals surface area (Å²) in [4.78, 5) is 117. The molecule has 0 rings (SSSR count). The van der Waals surface area contributed by atoms with Crippen molar-refractivity contribution in [2.75, 3.05) is 32.0 Å². The number of carbonyl (C=O) groups is 7. The second-order valence-corrected chi connectivity index (χ2v) is 14.3. The molecule has 0 aromatic heterocycles. The van der Waals surface area contributed by atoms with Crippen LogP contribution in [-0.2, 0) is 42.7 Å². The highest BCUT2D eigenvalue weighted by molar-refractivity contribution is 7.80. The van der Waals surface area contributed by atoms with E-state index in [9.17, 15) is 47.9 Å². The lowest BCUT2D eigenvalue weighted by Gasteiger charge is -2.27. The lowest BCUT2D eigenvalue weighted by atomic mass is 10.0. The van der Waals surface area contributed by atoms with Gasteiger partial charge in [0.2, 0.25) is 35.4 Å². The first-order valence-corrected chi connectivity index (χ1v) is 20.0. The molecule has 0 aromatic rings. The molecule has 57 heavy (non-hydrogen) atoms. The van der Waals surface area contributed by atoms with Gasteiger partial charge < -0.3 is 80.9 Å². The number of carbonyl (C=O) groups excluding carboxylic acids is 7. The molecule has 0 fully saturated rings. The third-order valence-electron chi connectivity index (χ3n) is 7.58. The number of hydrogen-bond donors (Lipinski definition) is 15. The van der Waals surface area contributed by atoms with E-state index in [0.717, 1.165) is 0 Å². The number of hydrogen-bond acceptors (Lipinski definition) is 14. The van der Waals surface area contributed by atoms with E-state index in [-0.39, 0.29) is 75.8 Å². The van der Waals surface area contributed by atoms with Gasteiger partial charge in [0.1, 0.15) is 36.5 Å². The fraction of sp³-hybridized carbons (Fsp3) is 0.700. The lowest BCUT2D eigenvalue weighted by Crippen LogP contribution is -2.60. The maximum Gasteiger partial charge on any atom is 0.469 e. The SMILES string of the molecule is C[C@H](N)C(=O)N[C@@H](CCCN=C(N)N)C(=O)N[C@@H](CCCN=C(N)N)C(=O)N[C@@H](CCCCN)C(=O)N[C@@H](COP(=O)(O)O)C(=O)N[C@@H](CS)C(=O)N[C@@H](C)C=O. The third-order valence-corrected chi connectivity index (χ3v) is 8.43. The third kappa shape index (κ3) is 23.9. The Morgan fingerprint density at radius 1 is 0.667 bits per heavy atom. The Kier molecular flexibility index (Phi) is 25.7. The van der Waals surface area contributed by atoms with Crippen LogP contribution in [0.4, 0.5) is 0 Å². The first-order valence-electron chi connectivity index (χ1n) is 17.8. The number of guanidine groups is 2. The Balaban J connectivity index is 6.52. The zero-order chi connectivity index (χ0) is 43.7. The van der Waals surface area contributed by atoms with E-state index in [1.807, 2.05) is 0 Å². The molecule has 0 spiro atoms. The minimum atomic E-state index is -5.20. The molecule has 25 nitrogen and oxygen atoms in total. The van der Waals surface area contributed by atoms with Crippen molar-refractivity contribution in [1.29, 1.82) is 0 Å². The highest BCUT2D eigenvalue weighted by Crippen LogP contribution is 2.35. The molecule has 0 aromatic carbocycles. The summed E-state index contributed by atoms with van der Waals surface area (Å²) < 4.78 is 16.0. The maximum absolute atomic E-state index is 13.8. The average molecular weight is 855 g/mol. The topological polar surface area (TPSA) is 439 Å². The van der Waals surface area contributed by atoms with Crippen LogP contribution in [0.2, 0.25) is 0 Å². The first kappa shape index (κ1) is 52.4. The van der Waals surface area contributed by atoms with E-state index in [2.05, 4.69) is 59.0 Å². The number of amides is 6. The summed E-state index contributed by atoms with van der Waals surface area (Å²) >= 11 is 4.03. The van der Waals surface area contributed by atoms with E-state index < -0.39 is 92.2 Å². The van der Waals surface area contributed by atoms with Gasteiger partial charge in [0.05, 0.1) is 18.7 Å². The van der Waals surface area contributed by atoms with Crippen LogP contribution < -0.4 is 66.3 Å². The van der Waals surface area contributed by atoms with Gasteiger partial charge in [-0.1, -0.05) is 0 Å². The van der Waals surface area contributed by atoms with Crippen LogP contribution in [0.15, 0.2) is 9.98 Å². The number of nitrogens with two attached hydrogens (primary N) is 6. The van der Waals surface area contributed by atoms with Crippen LogP contribution in [0.1, 0.15) is 58.8 Å². The summed E-state index contributed by atoms with van der Waals surface area (Å²) in [5.74, 6) is -6.04. The normalized spacial score (nSPS) is 14.8. The average Bonchev–Trinajstić information content (AvgIpc) is 3.12. The second-order valence-electron chi connectivity index (χ2n) is 12.7. The summed E-state index contributed by atoms with van der Waals surface area (Å²) in [6.07, 6.45) is 1.35. The highest BCUT2D eigenvalue weighted by Gasteiger charge is 2.33. The number of aliphatic imine (C=N–C) groups is 2.